The molecule has 0 saturated carbocycles. The van der Waals surface area contributed by atoms with Gasteiger partial charge in [-0.3, -0.25) is 4.79 Å². The molecule has 0 unspecified atom stereocenters. The van der Waals surface area contributed by atoms with Gasteiger partial charge in [0.05, 0.1) is 18.5 Å². The van der Waals surface area contributed by atoms with Crippen LogP contribution in [0.5, 0.6) is 0 Å². The van der Waals surface area contributed by atoms with Crippen LogP contribution in [-0.2, 0) is 15.9 Å². The first-order valence-corrected chi connectivity index (χ1v) is 5.88. The zero-order valence-electron chi connectivity index (χ0n) is 8.68. The molecule has 0 spiro atoms. The van der Waals surface area contributed by atoms with Gasteiger partial charge in [0.15, 0.2) is 0 Å². The lowest BCUT2D eigenvalue weighted by Gasteiger charge is -2.22. The molecule has 84 valence electrons. The summed E-state index contributed by atoms with van der Waals surface area (Å²) in [6.07, 6.45) is 1.35. The lowest BCUT2D eigenvalue weighted by molar-refractivity contribution is -0.136. The molecule has 1 saturated heterocycles. The molecule has 0 atom stereocenters. The average molecular weight is 237 g/mol. The summed E-state index contributed by atoms with van der Waals surface area (Å²) in [4.78, 5) is 10.7. The molecular weight excluding hydrogens is 225 g/mol. The molecule has 0 amide bonds. The summed E-state index contributed by atoms with van der Waals surface area (Å²) in [7, 11) is 0. The Balaban J connectivity index is 1.87. The first-order chi connectivity index (χ1) is 7.79. The van der Waals surface area contributed by atoms with Gasteiger partial charge in [0, 0.05) is 6.54 Å². The van der Waals surface area contributed by atoms with Crippen LogP contribution in [0.4, 0.5) is 0 Å². The van der Waals surface area contributed by atoms with Crippen molar-refractivity contribution in [1.29, 1.82) is 0 Å². The minimum atomic E-state index is -0.127. The maximum atomic E-state index is 10.7. The van der Waals surface area contributed by atoms with Gasteiger partial charge in [0.2, 0.25) is 0 Å². The van der Waals surface area contributed by atoms with Crippen LogP contribution in [0.25, 0.3) is 0 Å². The number of rotatable bonds is 5. The van der Waals surface area contributed by atoms with E-state index >= 15 is 0 Å². The van der Waals surface area contributed by atoms with Crippen molar-refractivity contribution in [3.63, 3.8) is 0 Å². The highest BCUT2D eigenvalue weighted by molar-refractivity contribution is 7.91. The van der Waals surface area contributed by atoms with Gasteiger partial charge in [-0.25, -0.2) is 4.72 Å². The minimum absolute atomic E-state index is 0.0485. The number of hydrogen-bond donors (Lipinski definition) is 2. The Kier molecular flexibility index (Phi) is 3.87. The third kappa shape index (κ3) is 2.78. The largest absolute Gasteiger partial charge is 0.531 e. The van der Waals surface area contributed by atoms with Crippen molar-refractivity contribution in [2.75, 3.05) is 6.54 Å². The van der Waals surface area contributed by atoms with E-state index in [0.717, 1.165) is 18.4 Å². The highest BCUT2D eigenvalue weighted by Crippen LogP contribution is 2.11. The van der Waals surface area contributed by atoms with Crippen molar-refractivity contribution in [2.24, 2.45) is 0 Å². The minimum Gasteiger partial charge on any atom is -0.531 e. The third-order valence-electron chi connectivity index (χ3n) is 2.56. The van der Waals surface area contributed by atoms with E-state index in [1.54, 1.807) is 0 Å². The molecule has 1 aliphatic rings. The predicted octanol–water partition coefficient (Wildman–Crippen LogP) is 0.695. The lowest BCUT2D eigenvalue weighted by Crippen LogP contribution is -2.46. The van der Waals surface area contributed by atoms with Crippen LogP contribution in [0.1, 0.15) is 5.56 Å². The van der Waals surface area contributed by atoms with Crippen molar-refractivity contribution in [1.82, 2.24) is 4.72 Å². The van der Waals surface area contributed by atoms with Crippen molar-refractivity contribution in [2.45, 2.75) is 12.7 Å². The normalized spacial score (nSPS) is 14.6. The van der Waals surface area contributed by atoms with Gasteiger partial charge < -0.3 is 9.21 Å². The fourth-order valence-corrected chi connectivity index (χ4v) is 1.82. The van der Waals surface area contributed by atoms with Crippen LogP contribution in [-0.4, -0.2) is 24.0 Å². The molecular formula is C10H12BNO3S. The molecule has 0 bridgehead atoms. The standard InChI is InChI=1S/C10H12BNO3S/c13-10-7-11(15-10)9-3-1-8(2-4-9)5-6-12-16-14/h1-4,12,14H,5-7H2. The SMILES string of the molecule is O=C1CB(c2ccc(CCNSO)cc2)O1. The van der Waals surface area contributed by atoms with E-state index < -0.39 is 0 Å². The average Bonchev–Trinajstić information content (AvgIpc) is 2.27. The van der Waals surface area contributed by atoms with E-state index in [1.165, 1.54) is 5.56 Å². The third-order valence-corrected chi connectivity index (χ3v) is 2.89. The second kappa shape index (κ2) is 5.38. The summed E-state index contributed by atoms with van der Waals surface area (Å²) in [5.41, 5.74) is 2.24. The lowest BCUT2D eigenvalue weighted by atomic mass is 9.54. The molecule has 0 aromatic heterocycles. The number of nitrogens with one attached hydrogen (secondary N) is 1. The Morgan fingerprint density at radius 3 is 2.69 bits per heavy atom. The Morgan fingerprint density at radius 2 is 2.12 bits per heavy atom. The van der Waals surface area contributed by atoms with Crippen LogP contribution < -0.4 is 10.2 Å². The molecule has 0 aliphatic carbocycles. The maximum Gasteiger partial charge on any atom is 0.406 e. The summed E-state index contributed by atoms with van der Waals surface area (Å²) in [6, 6.07) is 8.01. The molecule has 1 aromatic carbocycles. The highest BCUT2D eigenvalue weighted by atomic mass is 32.2. The Hall–Kier alpha value is -0.975. The summed E-state index contributed by atoms with van der Waals surface area (Å²) in [6.45, 7) is 0.673. The molecule has 2 N–H and O–H groups in total. The zero-order chi connectivity index (χ0) is 11.4. The number of benzene rings is 1. The van der Waals surface area contributed by atoms with Gasteiger partial charge in [-0.2, -0.15) is 0 Å². The van der Waals surface area contributed by atoms with E-state index in [1.807, 2.05) is 24.3 Å². The fourth-order valence-electron chi connectivity index (χ4n) is 1.63. The van der Waals surface area contributed by atoms with Crippen molar-refractivity contribution < 1.29 is 14.0 Å². The molecule has 0 radical (unpaired) electrons. The summed E-state index contributed by atoms with van der Waals surface area (Å²) < 4.78 is 16.2. The topological polar surface area (TPSA) is 58.6 Å². The van der Waals surface area contributed by atoms with Crippen molar-refractivity contribution in [3.8, 4) is 0 Å². The van der Waals surface area contributed by atoms with Crippen LogP contribution in [0.15, 0.2) is 24.3 Å². The number of hydrogen-bond acceptors (Lipinski definition) is 5. The van der Waals surface area contributed by atoms with E-state index in [-0.39, 0.29) is 12.9 Å². The van der Waals surface area contributed by atoms with Crippen LogP contribution in [0, 0.1) is 0 Å². The van der Waals surface area contributed by atoms with Crippen molar-refractivity contribution >= 4 is 30.6 Å². The number of carbonyl (C=O) groups is 1. The maximum absolute atomic E-state index is 10.7. The molecule has 4 nitrogen and oxygen atoms in total. The molecule has 1 aliphatic heterocycles. The number of carbonyl (C=O) groups excluding carboxylic acids is 1. The van der Waals surface area contributed by atoms with Gasteiger partial charge in [-0.1, -0.05) is 24.3 Å². The Morgan fingerprint density at radius 1 is 1.44 bits per heavy atom. The van der Waals surface area contributed by atoms with Gasteiger partial charge in [-0.05, 0) is 17.4 Å². The summed E-state index contributed by atoms with van der Waals surface area (Å²) in [5.74, 6) is -0.127. The molecule has 1 fully saturated rings. The second-order valence-electron chi connectivity index (χ2n) is 3.66. The van der Waals surface area contributed by atoms with E-state index in [9.17, 15) is 4.79 Å². The van der Waals surface area contributed by atoms with Gasteiger partial charge in [0.25, 0.3) is 5.97 Å². The second-order valence-corrected chi connectivity index (χ2v) is 4.13. The first-order valence-electron chi connectivity index (χ1n) is 5.11. The van der Waals surface area contributed by atoms with Gasteiger partial charge in [0.1, 0.15) is 0 Å². The van der Waals surface area contributed by atoms with Crippen LogP contribution in [0.2, 0.25) is 6.32 Å². The quantitative estimate of drug-likeness (QED) is 0.341. The predicted molar refractivity (Wildman–Crippen MR) is 64.7 cm³/mol. The fraction of sp³-hybridized carbons (Fsp3) is 0.300. The van der Waals surface area contributed by atoms with Gasteiger partial charge >= 0.3 is 6.92 Å². The van der Waals surface area contributed by atoms with Gasteiger partial charge in [-0.15, -0.1) is 0 Å². The van der Waals surface area contributed by atoms with Crippen LogP contribution >= 0.6 is 12.2 Å². The molecule has 1 heterocycles. The molecule has 1 aromatic rings. The summed E-state index contributed by atoms with van der Waals surface area (Å²) >= 11 is 0.634. The Labute approximate surface area is 98.8 Å². The molecule has 2 rings (SSSR count). The Bertz CT molecular complexity index is 363. The monoisotopic (exact) mass is 237 g/mol. The zero-order valence-corrected chi connectivity index (χ0v) is 9.50. The van der Waals surface area contributed by atoms with Crippen LogP contribution in [0.3, 0.4) is 0 Å². The molecule has 6 heteroatoms. The first kappa shape index (κ1) is 11.5. The smallest absolute Gasteiger partial charge is 0.406 e. The van der Waals surface area contributed by atoms with E-state index in [2.05, 4.69) is 4.72 Å². The molecule has 16 heavy (non-hydrogen) atoms. The van der Waals surface area contributed by atoms with Crippen molar-refractivity contribution in [3.05, 3.63) is 29.8 Å². The summed E-state index contributed by atoms with van der Waals surface area (Å²) in [5, 5.41) is 0. The highest BCUT2D eigenvalue weighted by Gasteiger charge is 2.35. The van der Waals surface area contributed by atoms with E-state index in [4.69, 9.17) is 9.21 Å². The van der Waals surface area contributed by atoms with E-state index in [0.29, 0.717) is 18.5 Å².